The molecule has 0 N–H and O–H groups in total. The van der Waals surface area contributed by atoms with Gasteiger partial charge in [0.2, 0.25) is 0 Å². The number of hydrogen-bond donors (Lipinski definition) is 0. The van der Waals surface area contributed by atoms with Gasteiger partial charge in [0.25, 0.3) is 0 Å². The number of piperidine rings is 1. The van der Waals surface area contributed by atoms with Crippen molar-refractivity contribution in [1.29, 1.82) is 0 Å². The highest BCUT2D eigenvalue weighted by molar-refractivity contribution is 7.23. The molecule has 0 unspecified atom stereocenters. The molecule has 0 aliphatic carbocycles. The van der Waals surface area contributed by atoms with E-state index in [0.29, 0.717) is 0 Å². The second kappa shape index (κ2) is 9.06. The molecule has 2 heterocycles. The number of likely N-dealkylation sites (tertiary alicyclic amines) is 1. The van der Waals surface area contributed by atoms with E-state index >= 15 is 0 Å². The van der Waals surface area contributed by atoms with E-state index in [4.69, 9.17) is 9.47 Å². The largest absolute Gasteiger partial charge is 0.497 e. The fraction of sp³-hybridized carbons (Fsp3) is 0.417. The first-order valence-corrected chi connectivity index (χ1v) is 11.2. The normalized spacial score (nSPS) is 14.9. The molecule has 4 nitrogen and oxygen atoms in total. The predicted molar refractivity (Wildman–Crippen MR) is 124 cm³/mol. The summed E-state index contributed by atoms with van der Waals surface area (Å²) in [6, 6.07) is 14.8. The Morgan fingerprint density at radius 1 is 1.00 bits per heavy atom. The molecule has 0 radical (unpaired) electrons. The molecule has 0 spiro atoms. The van der Waals surface area contributed by atoms with Gasteiger partial charge in [0.1, 0.15) is 18.1 Å². The van der Waals surface area contributed by atoms with E-state index in [2.05, 4.69) is 60.3 Å². The third-order valence-corrected chi connectivity index (χ3v) is 6.85. The third-order valence-electron chi connectivity index (χ3n) is 5.53. The first kappa shape index (κ1) is 20.0. The lowest BCUT2D eigenvalue weighted by Gasteiger charge is -2.26. The molecule has 1 saturated heterocycles. The highest BCUT2D eigenvalue weighted by Gasteiger charge is 2.17. The Balaban J connectivity index is 1.58. The van der Waals surface area contributed by atoms with Gasteiger partial charge in [0.05, 0.1) is 12.1 Å². The average Bonchev–Trinajstić information content (AvgIpc) is 3.14. The van der Waals surface area contributed by atoms with Crippen LogP contribution in [0.2, 0.25) is 0 Å². The highest BCUT2D eigenvalue weighted by atomic mass is 32.1. The molecule has 154 valence electrons. The Hall–Kier alpha value is -2.24. The lowest BCUT2D eigenvalue weighted by molar-refractivity contribution is 0.183. The van der Waals surface area contributed by atoms with Crippen LogP contribution in [0, 0.1) is 0 Å². The Morgan fingerprint density at radius 3 is 2.59 bits per heavy atom. The average molecular weight is 411 g/mol. The monoisotopic (exact) mass is 410 g/mol. The zero-order valence-corrected chi connectivity index (χ0v) is 18.4. The number of anilines is 1. The van der Waals surface area contributed by atoms with Crippen LogP contribution in [-0.2, 0) is 0 Å². The number of methoxy groups -OCH3 is 1. The van der Waals surface area contributed by atoms with E-state index in [1.165, 1.54) is 58.6 Å². The zero-order valence-electron chi connectivity index (χ0n) is 17.6. The minimum absolute atomic E-state index is 0.742. The molecule has 29 heavy (non-hydrogen) atoms. The van der Waals surface area contributed by atoms with E-state index < -0.39 is 0 Å². The second-order valence-corrected chi connectivity index (χ2v) is 8.85. The van der Waals surface area contributed by atoms with Gasteiger partial charge in [0, 0.05) is 36.3 Å². The van der Waals surface area contributed by atoms with Crippen molar-refractivity contribution in [2.75, 3.05) is 52.3 Å². The van der Waals surface area contributed by atoms with Crippen molar-refractivity contribution in [2.24, 2.45) is 0 Å². The fourth-order valence-corrected chi connectivity index (χ4v) is 5.18. The molecule has 4 rings (SSSR count). The number of fused-ring (bicyclic) bond motifs is 1. The summed E-state index contributed by atoms with van der Waals surface area (Å²) in [5.74, 6) is 1.84. The van der Waals surface area contributed by atoms with Crippen molar-refractivity contribution in [1.82, 2.24) is 4.90 Å². The molecule has 1 fully saturated rings. The van der Waals surface area contributed by atoms with Gasteiger partial charge in [-0.2, -0.15) is 0 Å². The number of nitrogens with zero attached hydrogens (tertiary/aromatic N) is 2. The molecule has 0 saturated carbocycles. The molecule has 0 bridgehead atoms. The van der Waals surface area contributed by atoms with Gasteiger partial charge in [-0.15, -0.1) is 11.3 Å². The molecule has 1 aliphatic heterocycles. The summed E-state index contributed by atoms with van der Waals surface area (Å²) in [5.41, 5.74) is 2.46. The Bertz CT molecular complexity index is 961. The fourth-order valence-electron chi connectivity index (χ4n) is 4.00. The number of ether oxygens (including phenoxy) is 2. The predicted octanol–water partition coefficient (Wildman–Crippen LogP) is 5.51. The van der Waals surface area contributed by atoms with Crippen molar-refractivity contribution in [3.63, 3.8) is 0 Å². The first-order valence-electron chi connectivity index (χ1n) is 10.4. The lowest BCUT2D eigenvalue weighted by Crippen LogP contribution is -2.33. The van der Waals surface area contributed by atoms with E-state index in [1.54, 1.807) is 18.4 Å². The van der Waals surface area contributed by atoms with E-state index in [-0.39, 0.29) is 0 Å². The van der Waals surface area contributed by atoms with Crippen LogP contribution in [0.1, 0.15) is 19.3 Å². The summed E-state index contributed by atoms with van der Waals surface area (Å²) < 4.78 is 12.8. The first-order chi connectivity index (χ1) is 14.2. The van der Waals surface area contributed by atoms with Gasteiger partial charge in [-0.1, -0.05) is 18.6 Å². The van der Waals surface area contributed by atoms with Crippen LogP contribution in [0.15, 0.2) is 42.5 Å². The Morgan fingerprint density at radius 2 is 1.83 bits per heavy atom. The maximum atomic E-state index is 6.12. The minimum Gasteiger partial charge on any atom is -0.497 e. The van der Waals surface area contributed by atoms with Crippen molar-refractivity contribution >= 4 is 26.4 Å². The molecule has 2 aromatic carbocycles. The summed E-state index contributed by atoms with van der Waals surface area (Å²) in [7, 11) is 5.92. The number of thiophene rings is 1. The van der Waals surface area contributed by atoms with Gasteiger partial charge in [0.15, 0.2) is 0 Å². The molecule has 1 aromatic heterocycles. The molecule has 0 amide bonds. The Labute approximate surface area is 177 Å². The van der Waals surface area contributed by atoms with Crippen molar-refractivity contribution < 1.29 is 9.47 Å². The zero-order chi connectivity index (χ0) is 20.2. The maximum Gasteiger partial charge on any atom is 0.120 e. The SMILES string of the molecule is COc1ccc2c(-c3cccc(OCCN4CCCCC4)c3)c(N(C)C)sc2c1. The number of rotatable bonds is 7. The van der Waals surface area contributed by atoms with Gasteiger partial charge in [-0.3, -0.25) is 4.90 Å². The highest BCUT2D eigenvalue weighted by Crippen LogP contribution is 2.45. The van der Waals surface area contributed by atoms with Crippen LogP contribution in [0.5, 0.6) is 11.5 Å². The van der Waals surface area contributed by atoms with Crippen LogP contribution >= 0.6 is 11.3 Å². The molecular weight excluding hydrogens is 380 g/mol. The van der Waals surface area contributed by atoms with Crippen LogP contribution in [0.3, 0.4) is 0 Å². The van der Waals surface area contributed by atoms with Crippen molar-refractivity contribution in [3.8, 4) is 22.6 Å². The van der Waals surface area contributed by atoms with Gasteiger partial charge >= 0.3 is 0 Å². The quantitative estimate of drug-likeness (QED) is 0.513. The third kappa shape index (κ3) is 4.51. The molecule has 1 aliphatic rings. The Kier molecular flexibility index (Phi) is 6.26. The topological polar surface area (TPSA) is 24.9 Å². The van der Waals surface area contributed by atoms with Crippen LogP contribution in [-0.4, -0.2) is 52.3 Å². The standard InChI is InChI=1S/C24H30N2O2S/c1-25(2)24-23(21-11-10-19(27-3)17-22(21)29-24)18-8-7-9-20(16-18)28-15-14-26-12-5-4-6-13-26/h7-11,16-17H,4-6,12-15H2,1-3H3. The second-order valence-electron chi connectivity index (χ2n) is 7.82. The smallest absolute Gasteiger partial charge is 0.120 e. The van der Waals surface area contributed by atoms with Gasteiger partial charge in [-0.05, 0) is 61.8 Å². The van der Waals surface area contributed by atoms with Crippen LogP contribution in [0.25, 0.3) is 21.2 Å². The van der Waals surface area contributed by atoms with Crippen molar-refractivity contribution in [2.45, 2.75) is 19.3 Å². The summed E-state index contributed by atoms with van der Waals surface area (Å²) >= 11 is 1.80. The van der Waals surface area contributed by atoms with E-state index in [1.807, 2.05) is 6.07 Å². The minimum atomic E-state index is 0.742. The van der Waals surface area contributed by atoms with Gasteiger partial charge < -0.3 is 14.4 Å². The van der Waals surface area contributed by atoms with Crippen molar-refractivity contribution in [3.05, 3.63) is 42.5 Å². The van der Waals surface area contributed by atoms with Gasteiger partial charge in [-0.25, -0.2) is 0 Å². The number of hydrogen-bond acceptors (Lipinski definition) is 5. The molecule has 3 aromatic rings. The molecule has 5 heteroatoms. The summed E-state index contributed by atoms with van der Waals surface area (Å²) in [6.07, 6.45) is 4.01. The summed E-state index contributed by atoms with van der Waals surface area (Å²) in [5, 5.41) is 2.50. The van der Waals surface area contributed by atoms with Crippen LogP contribution in [0.4, 0.5) is 5.00 Å². The summed E-state index contributed by atoms with van der Waals surface area (Å²) in [6.45, 7) is 4.17. The maximum absolute atomic E-state index is 6.12. The lowest BCUT2D eigenvalue weighted by atomic mass is 10.0. The molecular formula is C24H30N2O2S. The van der Waals surface area contributed by atoms with E-state index in [9.17, 15) is 0 Å². The molecule has 0 atom stereocenters. The van der Waals surface area contributed by atoms with Crippen LogP contribution < -0.4 is 14.4 Å². The van der Waals surface area contributed by atoms with E-state index in [0.717, 1.165) is 24.7 Å². The number of benzene rings is 2. The summed E-state index contributed by atoms with van der Waals surface area (Å²) in [4.78, 5) is 4.70.